The van der Waals surface area contributed by atoms with Crippen LogP contribution < -0.4 is 5.32 Å². The summed E-state index contributed by atoms with van der Waals surface area (Å²) in [6.07, 6.45) is -5.84. The maximum Gasteiger partial charge on any atom is 0.416 e. The summed E-state index contributed by atoms with van der Waals surface area (Å²) in [5.41, 5.74) is -4.30. The van der Waals surface area contributed by atoms with Gasteiger partial charge in [0.15, 0.2) is 0 Å². The maximum atomic E-state index is 13.2. The van der Waals surface area contributed by atoms with Crippen molar-refractivity contribution in [1.82, 2.24) is 10.2 Å². The van der Waals surface area contributed by atoms with Crippen LogP contribution in [0.3, 0.4) is 0 Å². The number of nitrogens with zero attached hydrogens (tertiary/aromatic N) is 1. The van der Waals surface area contributed by atoms with Crippen LogP contribution in [0.15, 0.2) is 18.2 Å². The normalized spacial score (nSPS) is 29.7. The number of hydrogen-bond donors (Lipinski definition) is 2. The molecule has 11 heteroatoms. The van der Waals surface area contributed by atoms with Crippen LogP contribution in [0, 0.1) is 17.8 Å². The Hall–Kier alpha value is -1.85. The minimum atomic E-state index is -4.96. The van der Waals surface area contributed by atoms with Crippen molar-refractivity contribution in [3.8, 4) is 0 Å². The van der Waals surface area contributed by atoms with Crippen molar-refractivity contribution in [3.63, 3.8) is 0 Å². The van der Waals surface area contributed by atoms with Gasteiger partial charge in [-0.3, -0.25) is 9.69 Å². The van der Waals surface area contributed by atoms with Crippen LogP contribution in [0.1, 0.15) is 62.6 Å². The summed E-state index contributed by atoms with van der Waals surface area (Å²) in [6.45, 7) is 5.08. The van der Waals surface area contributed by atoms with E-state index in [1.807, 2.05) is 0 Å². The van der Waals surface area contributed by atoms with Crippen molar-refractivity contribution in [2.75, 3.05) is 19.8 Å². The fourth-order valence-corrected chi connectivity index (χ4v) is 6.45. The smallest absolute Gasteiger partial charge is 0.390 e. The molecule has 4 rings (SSSR count). The van der Waals surface area contributed by atoms with Gasteiger partial charge < -0.3 is 15.2 Å². The second kappa shape index (κ2) is 10.4. The summed E-state index contributed by atoms with van der Waals surface area (Å²) >= 11 is 0. The molecular weight excluding hydrogens is 502 g/mol. The fraction of sp³-hybridized carbons (Fsp3) is 0.731. The number of fused-ring (bicyclic) bond motifs is 1. The predicted molar refractivity (Wildman–Crippen MR) is 123 cm³/mol. The Kier molecular flexibility index (Phi) is 7.90. The van der Waals surface area contributed by atoms with Crippen LogP contribution in [0.2, 0.25) is 0 Å². The van der Waals surface area contributed by atoms with Gasteiger partial charge in [-0.05, 0) is 82.2 Å². The molecule has 1 aromatic carbocycles. The lowest BCUT2D eigenvalue weighted by Gasteiger charge is -2.47. The van der Waals surface area contributed by atoms with Crippen LogP contribution in [0.25, 0.3) is 0 Å². The van der Waals surface area contributed by atoms with Crippen molar-refractivity contribution < 1.29 is 41.0 Å². The monoisotopic (exact) mass is 536 g/mol. The fourth-order valence-electron chi connectivity index (χ4n) is 6.45. The molecular formula is C26H34F6N2O3. The Bertz CT molecular complexity index is 940. The molecule has 0 spiro atoms. The van der Waals surface area contributed by atoms with Gasteiger partial charge in [-0.25, -0.2) is 0 Å². The molecule has 0 bridgehead atoms. The van der Waals surface area contributed by atoms with E-state index < -0.39 is 53.4 Å². The molecule has 2 heterocycles. The number of amides is 1. The van der Waals surface area contributed by atoms with Crippen molar-refractivity contribution in [2.24, 2.45) is 17.8 Å². The molecule has 208 valence electrons. The predicted octanol–water partition coefficient (Wildman–Crippen LogP) is 5.01. The van der Waals surface area contributed by atoms with E-state index in [1.165, 1.54) is 0 Å². The molecule has 2 saturated heterocycles. The number of rotatable bonds is 5. The highest BCUT2D eigenvalue weighted by Gasteiger charge is 2.49. The first-order valence-corrected chi connectivity index (χ1v) is 12.8. The van der Waals surface area contributed by atoms with E-state index in [9.17, 15) is 36.2 Å². The Labute approximate surface area is 212 Å². The number of alkyl halides is 6. The van der Waals surface area contributed by atoms with Crippen molar-refractivity contribution in [3.05, 3.63) is 34.9 Å². The SMILES string of the molecule is CC(C)(O)C1C[C@@H](N2CCCC3COCCC32)C[C@H]1C(=O)NCc1cc(C(F)(F)F)cc(C(F)(F)F)c1. The highest BCUT2D eigenvalue weighted by atomic mass is 19.4. The molecule has 5 nitrogen and oxygen atoms in total. The van der Waals surface area contributed by atoms with Gasteiger partial charge in [-0.1, -0.05) is 0 Å². The molecule has 3 unspecified atom stereocenters. The zero-order valence-corrected chi connectivity index (χ0v) is 21.0. The first-order chi connectivity index (χ1) is 17.1. The average molecular weight is 537 g/mol. The van der Waals surface area contributed by atoms with Crippen LogP contribution in [0.5, 0.6) is 0 Å². The Morgan fingerprint density at radius 1 is 1.05 bits per heavy atom. The number of hydrogen-bond acceptors (Lipinski definition) is 4. The molecule has 5 atom stereocenters. The zero-order valence-electron chi connectivity index (χ0n) is 21.0. The molecule has 1 amide bonds. The lowest BCUT2D eigenvalue weighted by atomic mass is 9.82. The molecule has 3 fully saturated rings. The summed E-state index contributed by atoms with van der Waals surface area (Å²) in [5, 5.41) is 13.4. The van der Waals surface area contributed by atoms with Crippen molar-refractivity contribution >= 4 is 5.91 Å². The van der Waals surface area contributed by atoms with Gasteiger partial charge in [0.1, 0.15) is 0 Å². The second-order valence-electron chi connectivity index (χ2n) is 11.2. The van der Waals surface area contributed by atoms with Crippen molar-refractivity contribution in [1.29, 1.82) is 0 Å². The Balaban J connectivity index is 1.50. The number of nitrogens with one attached hydrogen (secondary N) is 1. The molecule has 1 aromatic rings. The summed E-state index contributed by atoms with van der Waals surface area (Å²) in [7, 11) is 0. The number of carbonyl (C=O) groups is 1. The summed E-state index contributed by atoms with van der Waals surface area (Å²) < 4.78 is 84.9. The van der Waals surface area contributed by atoms with E-state index in [0.717, 1.165) is 25.8 Å². The van der Waals surface area contributed by atoms with E-state index in [4.69, 9.17) is 4.74 Å². The number of likely N-dealkylation sites (tertiary alicyclic amines) is 1. The summed E-state index contributed by atoms with van der Waals surface area (Å²) in [5.74, 6) is -1.05. The van der Waals surface area contributed by atoms with Crippen LogP contribution in [-0.4, -0.2) is 53.4 Å². The molecule has 0 aromatic heterocycles. The highest BCUT2D eigenvalue weighted by Crippen LogP contribution is 2.44. The van der Waals surface area contributed by atoms with E-state index in [-0.39, 0.29) is 17.7 Å². The molecule has 1 aliphatic carbocycles. The lowest BCUT2D eigenvalue weighted by Crippen LogP contribution is -2.53. The Morgan fingerprint density at radius 3 is 2.30 bits per heavy atom. The van der Waals surface area contributed by atoms with Crippen molar-refractivity contribution in [2.45, 2.75) is 82.5 Å². The third-order valence-corrected chi connectivity index (χ3v) is 8.22. The first-order valence-electron chi connectivity index (χ1n) is 12.8. The summed E-state index contributed by atoms with van der Waals surface area (Å²) in [6, 6.07) is 1.73. The molecule has 0 radical (unpaired) electrons. The standard InChI is InChI=1S/C26H34F6N2O3/c1-24(2,36)21-12-19(34-6-3-4-16-14-37-7-5-22(16)34)11-20(21)23(35)33-13-15-8-17(25(27,28)29)10-18(9-15)26(30,31)32/h8-10,16,19-22,36H,3-7,11-14H2,1-2H3,(H,33,35)/t16?,19-,20+,21?,22?/m0/s1. The molecule has 2 N–H and O–H groups in total. The summed E-state index contributed by atoms with van der Waals surface area (Å²) in [4.78, 5) is 15.7. The van der Waals surface area contributed by atoms with Gasteiger partial charge in [0.05, 0.1) is 23.3 Å². The lowest BCUT2D eigenvalue weighted by molar-refractivity contribution is -0.143. The number of halogens is 6. The largest absolute Gasteiger partial charge is 0.416 e. The van der Waals surface area contributed by atoms with E-state index in [0.29, 0.717) is 50.1 Å². The molecule has 3 aliphatic rings. The topological polar surface area (TPSA) is 61.8 Å². The van der Waals surface area contributed by atoms with E-state index in [2.05, 4.69) is 10.2 Å². The molecule has 1 saturated carbocycles. The van der Waals surface area contributed by atoms with E-state index in [1.54, 1.807) is 13.8 Å². The minimum absolute atomic E-state index is 0.0588. The number of carbonyl (C=O) groups excluding carboxylic acids is 1. The van der Waals surface area contributed by atoms with Crippen LogP contribution in [0.4, 0.5) is 26.3 Å². The zero-order chi connectivity index (χ0) is 27.2. The van der Waals surface area contributed by atoms with Gasteiger partial charge >= 0.3 is 12.4 Å². The van der Waals surface area contributed by atoms with Gasteiger partial charge in [-0.15, -0.1) is 0 Å². The third kappa shape index (κ3) is 6.42. The quantitative estimate of drug-likeness (QED) is 0.520. The van der Waals surface area contributed by atoms with Gasteiger partial charge in [0, 0.05) is 37.1 Å². The molecule has 37 heavy (non-hydrogen) atoms. The number of benzene rings is 1. The third-order valence-electron chi connectivity index (χ3n) is 8.22. The number of aliphatic hydroxyl groups is 1. The first kappa shape index (κ1) is 28.2. The number of ether oxygens (including phenoxy) is 1. The van der Waals surface area contributed by atoms with Gasteiger partial charge in [0.25, 0.3) is 0 Å². The maximum absolute atomic E-state index is 13.2. The van der Waals surface area contributed by atoms with E-state index >= 15 is 0 Å². The second-order valence-corrected chi connectivity index (χ2v) is 11.2. The highest BCUT2D eigenvalue weighted by molar-refractivity contribution is 5.79. The van der Waals surface area contributed by atoms with Gasteiger partial charge in [0.2, 0.25) is 5.91 Å². The minimum Gasteiger partial charge on any atom is -0.390 e. The average Bonchev–Trinajstić information content (AvgIpc) is 3.27. The molecule has 2 aliphatic heterocycles. The Morgan fingerprint density at radius 2 is 1.70 bits per heavy atom. The number of piperidine rings is 1. The van der Waals surface area contributed by atoms with Crippen LogP contribution in [-0.2, 0) is 28.4 Å². The van der Waals surface area contributed by atoms with Gasteiger partial charge in [-0.2, -0.15) is 26.3 Å². The van der Waals surface area contributed by atoms with Crippen LogP contribution >= 0.6 is 0 Å².